The number of ether oxygens (including phenoxy) is 1. The van der Waals surface area contributed by atoms with Crippen LogP contribution in [0.5, 0.6) is 5.75 Å². The van der Waals surface area contributed by atoms with Crippen LogP contribution in [-0.2, 0) is 0 Å². The maximum Gasteiger partial charge on any atom is 0.259 e. The third-order valence-electron chi connectivity index (χ3n) is 4.23. The second-order valence-corrected chi connectivity index (χ2v) is 9.04. The monoisotopic (exact) mass is 384 g/mol. The fraction of sp³-hybridized carbons (Fsp3) is 0.478. The summed E-state index contributed by atoms with van der Waals surface area (Å²) in [5.41, 5.74) is 1.41. The summed E-state index contributed by atoms with van der Waals surface area (Å²) in [6.07, 6.45) is 0.928. The molecule has 0 radical (unpaired) electrons. The molecular formula is C23H32N2O3. The molecule has 0 saturated carbocycles. The lowest BCUT2D eigenvalue weighted by Gasteiger charge is -2.43. The molecule has 0 heterocycles. The Balaban J connectivity index is 2.59. The molecule has 0 fully saturated rings. The number of anilines is 1. The fourth-order valence-corrected chi connectivity index (χ4v) is 2.76. The molecule has 0 unspecified atom stereocenters. The largest absolute Gasteiger partial charge is 0.758 e. The van der Waals surface area contributed by atoms with Crippen molar-refractivity contribution in [3.05, 3.63) is 52.6 Å². The van der Waals surface area contributed by atoms with Gasteiger partial charge in [0.1, 0.15) is 5.75 Å². The molecule has 0 spiro atoms. The van der Waals surface area contributed by atoms with Gasteiger partial charge in [0, 0.05) is 53.8 Å². The van der Waals surface area contributed by atoms with Gasteiger partial charge in [-0.3, -0.25) is 0 Å². The minimum atomic E-state index is -0.614. The molecule has 5 heteroatoms. The van der Waals surface area contributed by atoms with Crippen molar-refractivity contribution in [1.82, 2.24) is 0 Å². The first-order valence-electron chi connectivity index (χ1n) is 9.76. The Morgan fingerprint density at radius 2 is 1.68 bits per heavy atom. The predicted molar refractivity (Wildman–Crippen MR) is 116 cm³/mol. The summed E-state index contributed by atoms with van der Waals surface area (Å²) >= 11 is 0. The molecule has 0 atom stereocenters. The zero-order valence-corrected chi connectivity index (χ0v) is 18.1. The van der Waals surface area contributed by atoms with Crippen LogP contribution in [-0.4, -0.2) is 22.4 Å². The maximum atomic E-state index is 12.9. The number of hydrogen-bond acceptors (Lipinski definition) is 4. The second-order valence-electron chi connectivity index (χ2n) is 9.04. The van der Waals surface area contributed by atoms with Crippen LogP contribution >= 0.6 is 0 Å². The van der Waals surface area contributed by atoms with E-state index in [0.717, 1.165) is 33.1 Å². The van der Waals surface area contributed by atoms with Crippen LogP contribution in [0, 0.1) is 10.1 Å². The van der Waals surface area contributed by atoms with Gasteiger partial charge in [0.2, 0.25) is 5.54 Å². The number of nitroso groups, excluding NO2 is 1. The first-order valence-corrected chi connectivity index (χ1v) is 9.76. The van der Waals surface area contributed by atoms with Crippen molar-refractivity contribution in [2.24, 2.45) is 0 Å². The first-order chi connectivity index (χ1) is 12.9. The van der Waals surface area contributed by atoms with E-state index in [2.05, 4.69) is 6.92 Å². The molecule has 0 N–H and O–H groups in total. The average Bonchev–Trinajstić information content (AvgIpc) is 2.63. The van der Waals surface area contributed by atoms with Crippen LogP contribution < -0.4 is 9.80 Å². The van der Waals surface area contributed by atoms with Crippen LogP contribution in [0.1, 0.15) is 54.9 Å². The van der Waals surface area contributed by atoms with Crippen molar-refractivity contribution in [3.63, 3.8) is 0 Å². The molecule has 28 heavy (non-hydrogen) atoms. The van der Waals surface area contributed by atoms with Gasteiger partial charge in [-0.15, -0.1) is 0 Å². The van der Waals surface area contributed by atoms with Gasteiger partial charge in [0.15, 0.2) is 0 Å². The van der Waals surface area contributed by atoms with E-state index >= 15 is 0 Å². The number of benzene rings is 2. The number of nitrogens with zero attached hydrogens (tertiary/aromatic N) is 2. The van der Waals surface area contributed by atoms with Crippen molar-refractivity contribution in [2.75, 3.05) is 11.7 Å². The molecule has 0 aliphatic heterocycles. The van der Waals surface area contributed by atoms with Gasteiger partial charge in [-0.2, -0.15) is 0 Å². The van der Waals surface area contributed by atoms with E-state index in [4.69, 9.17) is 4.74 Å². The van der Waals surface area contributed by atoms with E-state index in [0.29, 0.717) is 18.0 Å². The highest BCUT2D eigenvalue weighted by molar-refractivity contribution is 5.73. The van der Waals surface area contributed by atoms with E-state index in [1.807, 2.05) is 77.9 Å². The van der Waals surface area contributed by atoms with Crippen molar-refractivity contribution < 1.29 is 9.50 Å². The molecule has 0 aliphatic rings. The van der Waals surface area contributed by atoms with Gasteiger partial charge < -0.3 is 15.0 Å². The zero-order valence-electron chi connectivity index (χ0n) is 18.1. The molecule has 0 aromatic heterocycles. The molecule has 152 valence electrons. The summed E-state index contributed by atoms with van der Waals surface area (Å²) in [4.78, 5) is 12.9. The maximum absolute atomic E-state index is 12.9. The molecule has 2 aromatic carbocycles. The Labute approximate surface area is 168 Å². The molecule has 0 aliphatic carbocycles. The van der Waals surface area contributed by atoms with Crippen LogP contribution in [0.2, 0.25) is 0 Å². The van der Waals surface area contributed by atoms with Gasteiger partial charge in [-0.05, 0) is 56.5 Å². The lowest BCUT2D eigenvalue weighted by molar-refractivity contribution is -0.540. The Kier molecular flexibility index (Phi) is 6.50. The quantitative estimate of drug-likeness (QED) is 0.424. The van der Waals surface area contributed by atoms with Gasteiger partial charge in [-0.25, -0.2) is 0 Å². The van der Waals surface area contributed by atoms with Crippen LogP contribution in [0.3, 0.4) is 0 Å². The summed E-state index contributed by atoms with van der Waals surface area (Å²) in [5, 5.41) is 13.8. The molecule has 0 bridgehead atoms. The van der Waals surface area contributed by atoms with E-state index < -0.39 is 11.1 Å². The van der Waals surface area contributed by atoms with Gasteiger partial charge in [0.25, 0.3) is 5.69 Å². The van der Waals surface area contributed by atoms with Crippen molar-refractivity contribution in [1.29, 1.82) is 0 Å². The Morgan fingerprint density at radius 3 is 2.25 bits per heavy atom. The molecule has 2 rings (SSSR count). The number of rotatable bonds is 6. The normalized spacial score (nSPS) is 12.0. The number of hydrogen-bond donors (Lipinski definition) is 0. The van der Waals surface area contributed by atoms with Gasteiger partial charge in [-0.1, -0.05) is 19.1 Å². The molecule has 2 aromatic rings. The van der Waals surface area contributed by atoms with E-state index in [1.54, 1.807) is 6.07 Å². The van der Waals surface area contributed by atoms with E-state index in [-0.39, 0.29) is 0 Å². The standard InChI is InChI=1S/C23H32N2O3/c1-8-12-28-21-11-9-10-17(15-21)18-13-19(24(26)22(2,3)4)16-20(14-18)25(27)23(5,6)7/h9-11,13-16H,8,12H2,1-7H3. The highest BCUT2D eigenvalue weighted by atomic mass is 16.5. The summed E-state index contributed by atoms with van der Waals surface area (Å²) in [5.74, 6) is 0.774. The lowest BCUT2D eigenvalue weighted by Crippen LogP contribution is -2.36. The average molecular weight is 385 g/mol. The molecular weight excluding hydrogens is 352 g/mol. The van der Waals surface area contributed by atoms with Gasteiger partial charge in [0.05, 0.1) is 6.61 Å². The highest BCUT2D eigenvalue weighted by Crippen LogP contribution is 2.35. The molecule has 0 saturated heterocycles. The van der Waals surface area contributed by atoms with Gasteiger partial charge >= 0.3 is 0 Å². The fourth-order valence-electron chi connectivity index (χ4n) is 2.76. The van der Waals surface area contributed by atoms with Crippen LogP contribution in [0.4, 0.5) is 11.4 Å². The van der Waals surface area contributed by atoms with Crippen LogP contribution in [0.15, 0.2) is 42.5 Å². The highest BCUT2D eigenvalue weighted by Gasteiger charge is 2.32. The van der Waals surface area contributed by atoms with Crippen molar-refractivity contribution >= 4 is 11.4 Å². The zero-order chi connectivity index (χ0) is 21.1. The van der Waals surface area contributed by atoms with Crippen LogP contribution in [0.25, 0.3) is 11.1 Å². The minimum absolute atomic E-state index is 0.463. The van der Waals surface area contributed by atoms with E-state index in [1.165, 1.54) is 0 Å². The Hall–Kier alpha value is -2.40. The first kappa shape index (κ1) is 21.9. The smallest absolute Gasteiger partial charge is 0.259 e. The Bertz CT molecular complexity index is 832. The van der Waals surface area contributed by atoms with E-state index in [9.17, 15) is 10.1 Å². The summed E-state index contributed by atoms with van der Waals surface area (Å²) in [7, 11) is 0. The predicted octanol–water partition coefficient (Wildman–Crippen LogP) is 6.45. The number of hydroxylamine groups is 1. The second kappa shape index (κ2) is 8.31. The summed E-state index contributed by atoms with van der Waals surface area (Å²) in [6.45, 7) is 13.8. The third kappa shape index (κ3) is 5.32. The topological polar surface area (TPSA) is 55.6 Å². The summed E-state index contributed by atoms with van der Waals surface area (Å²) in [6, 6.07) is 13.1. The molecule has 5 nitrogen and oxygen atoms in total. The summed E-state index contributed by atoms with van der Waals surface area (Å²) < 4.78 is 6.69. The minimum Gasteiger partial charge on any atom is -0.758 e. The Morgan fingerprint density at radius 1 is 1.00 bits per heavy atom. The molecule has 0 amide bonds. The lowest BCUT2D eigenvalue weighted by atomic mass is 10.0. The third-order valence-corrected chi connectivity index (χ3v) is 4.23. The SMILES string of the molecule is CCCOc1cccc(-c2cc(N([O-])C(C)(C)C)cc([N+](=O)C(C)(C)C)c2)c1. The van der Waals surface area contributed by atoms with Crippen molar-refractivity contribution in [2.45, 2.75) is 66.0 Å². The van der Waals surface area contributed by atoms with Crippen molar-refractivity contribution in [3.8, 4) is 16.9 Å².